The second-order valence-electron chi connectivity index (χ2n) is 7.63. The number of carbonyl (C=O) groups excluding carboxylic acids is 1. The predicted octanol–water partition coefficient (Wildman–Crippen LogP) is 4.75. The van der Waals surface area contributed by atoms with Gasteiger partial charge < -0.3 is 14.4 Å². The number of nitrogens with one attached hydrogen (secondary N) is 1. The van der Waals surface area contributed by atoms with Crippen LogP contribution < -0.4 is 14.2 Å². The summed E-state index contributed by atoms with van der Waals surface area (Å²) in [5.74, 6) is 0.988. The molecule has 3 rings (SSSR count). The standard InChI is InChI=1S/C22H27ClN2O5S2/c1-14-7-9-25(10-8-14)22(26)16-11-15(5-6-21(16)31-4)32(27,28)24-18-13-19(29-2)17(23)12-20(18)30-3/h5-6,11-14,24H,7-10H2,1-4H3. The van der Waals surface area contributed by atoms with Crippen molar-refractivity contribution in [1.82, 2.24) is 4.90 Å². The maximum Gasteiger partial charge on any atom is 0.262 e. The van der Waals surface area contributed by atoms with Crippen LogP contribution >= 0.6 is 23.4 Å². The van der Waals surface area contributed by atoms with Crippen LogP contribution in [0.25, 0.3) is 0 Å². The summed E-state index contributed by atoms with van der Waals surface area (Å²) in [5.41, 5.74) is 0.566. The van der Waals surface area contributed by atoms with Gasteiger partial charge in [-0.05, 0) is 43.2 Å². The van der Waals surface area contributed by atoms with Gasteiger partial charge in [0, 0.05) is 30.1 Å². The molecule has 1 aliphatic rings. The summed E-state index contributed by atoms with van der Waals surface area (Å²) >= 11 is 7.52. The lowest BCUT2D eigenvalue weighted by Crippen LogP contribution is -2.38. The highest BCUT2D eigenvalue weighted by atomic mass is 35.5. The summed E-state index contributed by atoms with van der Waals surface area (Å²) in [5, 5.41) is 0.292. The van der Waals surface area contributed by atoms with E-state index in [4.69, 9.17) is 21.1 Å². The number of likely N-dealkylation sites (tertiary alicyclic amines) is 1. The minimum absolute atomic E-state index is 0.0139. The lowest BCUT2D eigenvalue weighted by Gasteiger charge is -2.30. The Bertz CT molecular complexity index is 1100. The van der Waals surface area contributed by atoms with Crippen molar-refractivity contribution in [3.8, 4) is 11.5 Å². The van der Waals surface area contributed by atoms with Gasteiger partial charge in [0.2, 0.25) is 0 Å². The normalized spacial score (nSPS) is 14.8. The van der Waals surface area contributed by atoms with E-state index in [2.05, 4.69) is 11.6 Å². The van der Waals surface area contributed by atoms with Crippen LogP contribution in [0.5, 0.6) is 11.5 Å². The first-order valence-electron chi connectivity index (χ1n) is 10.1. The molecule has 0 bridgehead atoms. The highest BCUT2D eigenvalue weighted by Gasteiger charge is 2.26. The van der Waals surface area contributed by atoms with Crippen LogP contribution in [0.15, 0.2) is 40.1 Å². The number of nitrogens with zero attached hydrogens (tertiary/aromatic N) is 1. The number of carbonyl (C=O) groups is 1. The van der Waals surface area contributed by atoms with Crippen molar-refractivity contribution in [3.63, 3.8) is 0 Å². The van der Waals surface area contributed by atoms with Crippen LogP contribution in [-0.4, -0.2) is 52.8 Å². The van der Waals surface area contributed by atoms with Crippen LogP contribution in [0, 0.1) is 5.92 Å². The van der Waals surface area contributed by atoms with E-state index in [9.17, 15) is 13.2 Å². The van der Waals surface area contributed by atoms with Crippen molar-refractivity contribution in [2.75, 3.05) is 38.3 Å². The minimum Gasteiger partial charge on any atom is -0.495 e. The lowest BCUT2D eigenvalue weighted by atomic mass is 9.98. The molecule has 7 nitrogen and oxygen atoms in total. The van der Waals surface area contributed by atoms with E-state index in [0.717, 1.165) is 17.7 Å². The van der Waals surface area contributed by atoms with Gasteiger partial charge >= 0.3 is 0 Å². The van der Waals surface area contributed by atoms with Crippen LogP contribution in [0.3, 0.4) is 0 Å². The first kappa shape index (κ1) is 24.5. The second kappa shape index (κ2) is 10.2. The highest BCUT2D eigenvalue weighted by molar-refractivity contribution is 7.98. The number of ether oxygens (including phenoxy) is 2. The molecule has 2 aromatic rings. The molecule has 0 spiro atoms. The molecular weight excluding hydrogens is 472 g/mol. The van der Waals surface area contributed by atoms with Crippen molar-refractivity contribution >= 4 is 45.0 Å². The summed E-state index contributed by atoms with van der Waals surface area (Å²) in [4.78, 5) is 15.7. The Hall–Kier alpha value is -2.10. The Morgan fingerprint density at radius 2 is 1.78 bits per heavy atom. The van der Waals surface area contributed by atoms with E-state index in [-0.39, 0.29) is 22.2 Å². The SMILES string of the molecule is COc1cc(NS(=O)(=O)c2ccc(SC)c(C(=O)N3CCC(C)CC3)c2)c(OC)cc1Cl. The number of halogens is 1. The van der Waals surface area contributed by atoms with E-state index in [1.54, 1.807) is 11.0 Å². The summed E-state index contributed by atoms with van der Waals surface area (Å²) < 4.78 is 39.3. The lowest BCUT2D eigenvalue weighted by molar-refractivity contribution is 0.0693. The summed E-state index contributed by atoms with van der Waals surface area (Å²) in [6.45, 7) is 3.52. The maximum atomic E-state index is 13.2. The number of amides is 1. The van der Waals surface area contributed by atoms with Gasteiger partial charge in [0.25, 0.3) is 15.9 Å². The molecule has 1 heterocycles. The highest BCUT2D eigenvalue weighted by Crippen LogP contribution is 2.37. The first-order chi connectivity index (χ1) is 15.2. The zero-order chi connectivity index (χ0) is 23.5. The molecule has 1 amide bonds. The number of anilines is 1. The molecule has 0 saturated carbocycles. The molecule has 174 valence electrons. The Balaban J connectivity index is 1.95. The van der Waals surface area contributed by atoms with E-state index in [0.29, 0.717) is 35.3 Å². The van der Waals surface area contributed by atoms with Crippen molar-refractivity contribution in [3.05, 3.63) is 40.9 Å². The zero-order valence-electron chi connectivity index (χ0n) is 18.5. The molecule has 2 aromatic carbocycles. The molecule has 0 unspecified atom stereocenters. The topological polar surface area (TPSA) is 84.9 Å². The Labute approximate surface area is 198 Å². The average Bonchev–Trinajstić information content (AvgIpc) is 2.79. The molecule has 0 aliphatic carbocycles. The molecule has 0 radical (unpaired) electrons. The number of sulfonamides is 1. The van der Waals surface area contributed by atoms with Crippen molar-refractivity contribution in [2.24, 2.45) is 5.92 Å². The van der Waals surface area contributed by atoms with Gasteiger partial charge in [-0.2, -0.15) is 0 Å². The number of methoxy groups -OCH3 is 2. The molecular formula is C22H27ClN2O5S2. The number of piperidine rings is 1. The smallest absolute Gasteiger partial charge is 0.262 e. The predicted molar refractivity (Wildman–Crippen MR) is 128 cm³/mol. The van der Waals surface area contributed by atoms with Crippen molar-refractivity contribution in [1.29, 1.82) is 0 Å². The maximum absolute atomic E-state index is 13.2. The number of thioether (sulfide) groups is 1. The van der Waals surface area contributed by atoms with Gasteiger partial charge in [-0.1, -0.05) is 18.5 Å². The Morgan fingerprint density at radius 3 is 2.38 bits per heavy atom. The third-order valence-electron chi connectivity index (χ3n) is 5.50. The monoisotopic (exact) mass is 498 g/mol. The van der Waals surface area contributed by atoms with Gasteiger partial charge in [-0.15, -0.1) is 11.8 Å². The molecule has 1 aliphatic heterocycles. The molecule has 1 saturated heterocycles. The largest absolute Gasteiger partial charge is 0.495 e. The van der Waals surface area contributed by atoms with E-state index in [1.165, 1.54) is 50.2 Å². The van der Waals surface area contributed by atoms with Crippen LogP contribution in [0.4, 0.5) is 5.69 Å². The fourth-order valence-corrected chi connectivity index (χ4v) is 5.44. The second-order valence-corrected chi connectivity index (χ2v) is 10.6. The van der Waals surface area contributed by atoms with Gasteiger partial charge in [0.15, 0.2) is 0 Å². The van der Waals surface area contributed by atoms with Crippen molar-refractivity contribution in [2.45, 2.75) is 29.6 Å². The van der Waals surface area contributed by atoms with Gasteiger partial charge in [-0.25, -0.2) is 8.42 Å². The van der Waals surface area contributed by atoms with E-state index in [1.807, 2.05) is 6.26 Å². The van der Waals surface area contributed by atoms with Gasteiger partial charge in [0.1, 0.15) is 11.5 Å². The minimum atomic E-state index is -4.01. The molecule has 1 N–H and O–H groups in total. The Kier molecular flexibility index (Phi) is 7.84. The summed E-state index contributed by atoms with van der Waals surface area (Å²) in [7, 11) is -1.16. The number of rotatable bonds is 7. The molecule has 10 heteroatoms. The molecule has 0 aromatic heterocycles. The van der Waals surface area contributed by atoms with E-state index >= 15 is 0 Å². The van der Waals surface area contributed by atoms with Gasteiger partial charge in [0.05, 0.1) is 35.4 Å². The summed E-state index contributed by atoms with van der Waals surface area (Å²) in [6, 6.07) is 7.52. The third-order valence-corrected chi connectivity index (χ3v) is 7.96. The average molecular weight is 499 g/mol. The fraction of sp³-hybridized carbons (Fsp3) is 0.409. The number of hydrogen-bond acceptors (Lipinski definition) is 6. The molecule has 1 fully saturated rings. The van der Waals surface area contributed by atoms with Crippen LogP contribution in [-0.2, 0) is 10.0 Å². The first-order valence-corrected chi connectivity index (χ1v) is 13.2. The van der Waals surface area contributed by atoms with Gasteiger partial charge in [-0.3, -0.25) is 9.52 Å². The third kappa shape index (κ3) is 5.27. The fourth-order valence-electron chi connectivity index (χ4n) is 3.55. The molecule has 0 atom stereocenters. The number of hydrogen-bond donors (Lipinski definition) is 1. The molecule has 32 heavy (non-hydrogen) atoms. The van der Waals surface area contributed by atoms with Crippen molar-refractivity contribution < 1.29 is 22.7 Å². The van der Waals surface area contributed by atoms with Crippen LogP contribution in [0.2, 0.25) is 5.02 Å². The van der Waals surface area contributed by atoms with Crippen LogP contribution in [0.1, 0.15) is 30.1 Å². The number of benzene rings is 2. The Morgan fingerprint density at radius 1 is 1.12 bits per heavy atom. The summed E-state index contributed by atoms with van der Waals surface area (Å²) in [6.07, 6.45) is 3.75. The van der Waals surface area contributed by atoms with E-state index < -0.39 is 10.0 Å². The zero-order valence-corrected chi connectivity index (χ0v) is 20.9. The quantitative estimate of drug-likeness (QED) is 0.554.